The van der Waals surface area contributed by atoms with E-state index in [0.29, 0.717) is 16.3 Å². The van der Waals surface area contributed by atoms with Gasteiger partial charge in [0, 0.05) is 19.0 Å². The summed E-state index contributed by atoms with van der Waals surface area (Å²) < 4.78 is 5.40. The lowest BCUT2D eigenvalue weighted by Crippen LogP contribution is -2.35. The third kappa shape index (κ3) is 2.76. The first kappa shape index (κ1) is 15.1. The molecule has 1 aromatic rings. The van der Waals surface area contributed by atoms with Crippen molar-refractivity contribution in [3.05, 3.63) is 4.88 Å². The standard InChI is InChI=1S/C14H22N2O3S/c1-8(2)11(18)13-10(15)12(19-3)14(20-13)16-6-4-9(17)5-7-16/h8-9,17H,4-7,15H2,1-3H3. The van der Waals surface area contributed by atoms with Crippen LogP contribution in [-0.4, -0.2) is 37.2 Å². The summed E-state index contributed by atoms with van der Waals surface area (Å²) in [5, 5.41) is 10.5. The molecule has 0 bridgehead atoms. The van der Waals surface area contributed by atoms with Crippen molar-refractivity contribution in [3.63, 3.8) is 0 Å². The molecule has 5 nitrogen and oxygen atoms in total. The lowest BCUT2D eigenvalue weighted by molar-refractivity contribution is 0.0944. The van der Waals surface area contributed by atoms with Crippen molar-refractivity contribution >= 4 is 27.8 Å². The van der Waals surface area contributed by atoms with Crippen molar-refractivity contribution in [3.8, 4) is 5.75 Å². The number of hydrogen-bond acceptors (Lipinski definition) is 6. The summed E-state index contributed by atoms with van der Waals surface area (Å²) in [7, 11) is 1.57. The molecular formula is C14H22N2O3S. The van der Waals surface area contributed by atoms with Crippen LogP contribution in [0.5, 0.6) is 5.75 Å². The number of hydrogen-bond donors (Lipinski definition) is 2. The first-order valence-electron chi connectivity index (χ1n) is 6.89. The third-order valence-corrected chi connectivity index (χ3v) is 4.85. The number of nitrogens with zero attached hydrogens (tertiary/aromatic N) is 1. The van der Waals surface area contributed by atoms with Crippen LogP contribution in [0.2, 0.25) is 0 Å². The zero-order chi connectivity index (χ0) is 14.9. The summed E-state index contributed by atoms with van der Waals surface area (Å²) in [6, 6.07) is 0. The number of nitrogens with two attached hydrogens (primary N) is 1. The number of methoxy groups -OCH3 is 1. The number of nitrogen functional groups attached to an aromatic ring is 1. The van der Waals surface area contributed by atoms with Crippen LogP contribution in [0.1, 0.15) is 36.4 Å². The number of piperidine rings is 1. The van der Waals surface area contributed by atoms with Gasteiger partial charge in [0.25, 0.3) is 0 Å². The summed E-state index contributed by atoms with van der Waals surface area (Å²) >= 11 is 1.40. The van der Waals surface area contributed by atoms with E-state index in [-0.39, 0.29) is 17.8 Å². The SMILES string of the molecule is COc1c(N2CCC(O)CC2)sc(C(=O)C(C)C)c1N. The van der Waals surface area contributed by atoms with Crippen molar-refractivity contribution in [2.45, 2.75) is 32.8 Å². The van der Waals surface area contributed by atoms with Crippen molar-refractivity contribution in [2.75, 3.05) is 30.8 Å². The fourth-order valence-electron chi connectivity index (χ4n) is 2.34. The molecule has 2 rings (SSSR count). The Morgan fingerprint density at radius 3 is 2.55 bits per heavy atom. The van der Waals surface area contributed by atoms with Gasteiger partial charge >= 0.3 is 0 Å². The molecule has 0 atom stereocenters. The van der Waals surface area contributed by atoms with Crippen LogP contribution in [0.3, 0.4) is 0 Å². The fourth-order valence-corrected chi connectivity index (χ4v) is 3.67. The number of thiophene rings is 1. The molecule has 1 aliphatic heterocycles. The number of ether oxygens (including phenoxy) is 1. The summed E-state index contributed by atoms with van der Waals surface area (Å²) in [5.74, 6) is 0.557. The Labute approximate surface area is 123 Å². The molecule has 3 N–H and O–H groups in total. The minimum atomic E-state index is -0.230. The van der Waals surface area contributed by atoms with Gasteiger partial charge in [-0.05, 0) is 12.8 Å². The van der Waals surface area contributed by atoms with Crippen LogP contribution in [0, 0.1) is 5.92 Å². The van der Waals surface area contributed by atoms with Crippen molar-refractivity contribution in [1.82, 2.24) is 0 Å². The Morgan fingerprint density at radius 2 is 2.05 bits per heavy atom. The van der Waals surface area contributed by atoms with Gasteiger partial charge in [-0.15, -0.1) is 11.3 Å². The summed E-state index contributed by atoms with van der Waals surface area (Å²) in [6.45, 7) is 5.25. The zero-order valence-corrected chi connectivity index (χ0v) is 13.0. The van der Waals surface area contributed by atoms with Gasteiger partial charge in [0.15, 0.2) is 11.5 Å². The van der Waals surface area contributed by atoms with E-state index in [2.05, 4.69) is 4.90 Å². The summed E-state index contributed by atoms with van der Waals surface area (Å²) in [4.78, 5) is 14.9. The van der Waals surface area contributed by atoms with Crippen LogP contribution >= 0.6 is 11.3 Å². The van der Waals surface area contributed by atoms with Crippen molar-refractivity contribution in [2.24, 2.45) is 5.92 Å². The van der Waals surface area contributed by atoms with Gasteiger partial charge in [0.05, 0.1) is 23.8 Å². The van der Waals surface area contributed by atoms with Crippen molar-refractivity contribution < 1.29 is 14.6 Å². The molecule has 112 valence electrons. The summed E-state index contributed by atoms with van der Waals surface area (Å²) in [5.41, 5.74) is 6.52. The second-order valence-electron chi connectivity index (χ2n) is 5.42. The van der Waals surface area contributed by atoms with Gasteiger partial charge in [0.2, 0.25) is 0 Å². The molecule has 1 aromatic heterocycles. The number of ketones is 1. The van der Waals surface area contributed by atoms with E-state index in [9.17, 15) is 9.90 Å². The Hall–Kier alpha value is -1.27. The molecule has 1 aliphatic rings. The number of anilines is 2. The second kappa shape index (κ2) is 6.01. The predicted molar refractivity (Wildman–Crippen MR) is 81.9 cm³/mol. The highest BCUT2D eigenvalue weighted by atomic mass is 32.1. The molecule has 0 radical (unpaired) electrons. The highest BCUT2D eigenvalue weighted by Crippen LogP contribution is 2.46. The molecule has 0 amide bonds. The third-order valence-electron chi connectivity index (χ3n) is 3.59. The number of aliphatic hydroxyl groups is 1. The van der Waals surface area contributed by atoms with Gasteiger partial charge in [-0.3, -0.25) is 4.79 Å². The largest absolute Gasteiger partial charge is 0.492 e. The van der Waals surface area contributed by atoms with E-state index in [1.165, 1.54) is 11.3 Å². The normalized spacial score (nSPS) is 16.8. The quantitative estimate of drug-likeness (QED) is 0.833. The van der Waals surface area contributed by atoms with E-state index in [1.807, 2.05) is 13.8 Å². The Bertz CT molecular complexity index is 491. The first-order valence-corrected chi connectivity index (χ1v) is 7.70. The second-order valence-corrected chi connectivity index (χ2v) is 6.42. The van der Waals surface area contributed by atoms with Crippen LogP contribution < -0.4 is 15.4 Å². The lowest BCUT2D eigenvalue weighted by Gasteiger charge is -2.30. The van der Waals surface area contributed by atoms with Gasteiger partial charge in [-0.1, -0.05) is 13.8 Å². The van der Waals surface area contributed by atoms with Gasteiger partial charge in [0.1, 0.15) is 5.00 Å². The monoisotopic (exact) mass is 298 g/mol. The number of carbonyl (C=O) groups is 1. The molecule has 0 aromatic carbocycles. The molecule has 0 saturated carbocycles. The van der Waals surface area contributed by atoms with Crippen LogP contribution in [-0.2, 0) is 0 Å². The maximum Gasteiger partial charge on any atom is 0.177 e. The molecular weight excluding hydrogens is 276 g/mol. The van der Waals surface area contributed by atoms with Gasteiger partial charge in [-0.2, -0.15) is 0 Å². The Balaban J connectivity index is 2.33. The average molecular weight is 298 g/mol. The van der Waals surface area contributed by atoms with Gasteiger partial charge in [-0.25, -0.2) is 0 Å². The predicted octanol–water partition coefficient (Wildman–Crippen LogP) is 2.14. The lowest BCUT2D eigenvalue weighted by atomic mass is 10.1. The molecule has 0 spiro atoms. The number of carbonyl (C=O) groups excluding carboxylic acids is 1. The molecule has 20 heavy (non-hydrogen) atoms. The maximum atomic E-state index is 12.2. The van der Waals surface area contributed by atoms with E-state index < -0.39 is 0 Å². The molecule has 1 fully saturated rings. The first-order chi connectivity index (χ1) is 9.45. The van der Waals surface area contributed by atoms with Crippen LogP contribution in [0.25, 0.3) is 0 Å². The fraction of sp³-hybridized carbons (Fsp3) is 0.643. The number of rotatable bonds is 4. The minimum Gasteiger partial charge on any atom is -0.492 e. The van der Waals surface area contributed by atoms with E-state index in [4.69, 9.17) is 10.5 Å². The molecule has 0 unspecified atom stereocenters. The van der Waals surface area contributed by atoms with Crippen LogP contribution in [0.4, 0.5) is 10.7 Å². The Morgan fingerprint density at radius 1 is 1.45 bits per heavy atom. The minimum absolute atomic E-state index is 0.0501. The molecule has 0 aliphatic carbocycles. The topological polar surface area (TPSA) is 75.8 Å². The van der Waals surface area contributed by atoms with Crippen LogP contribution in [0.15, 0.2) is 0 Å². The highest BCUT2D eigenvalue weighted by molar-refractivity contribution is 7.19. The molecule has 2 heterocycles. The molecule has 6 heteroatoms. The average Bonchev–Trinajstić information content (AvgIpc) is 2.75. The van der Waals surface area contributed by atoms with E-state index in [1.54, 1.807) is 7.11 Å². The Kier molecular flexibility index (Phi) is 4.55. The smallest absolute Gasteiger partial charge is 0.177 e. The van der Waals surface area contributed by atoms with Crippen molar-refractivity contribution in [1.29, 1.82) is 0 Å². The maximum absolute atomic E-state index is 12.2. The van der Waals surface area contributed by atoms with E-state index >= 15 is 0 Å². The van der Waals surface area contributed by atoms with Gasteiger partial charge < -0.3 is 20.5 Å². The zero-order valence-electron chi connectivity index (χ0n) is 12.2. The number of aliphatic hydroxyl groups excluding tert-OH is 1. The highest BCUT2D eigenvalue weighted by Gasteiger charge is 2.28. The number of Topliss-reactive ketones (excluding diaryl/α,β-unsaturated/α-hetero) is 1. The molecule has 1 saturated heterocycles. The van der Waals surface area contributed by atoms with E-state index in [0.717, 1.165) is 30.9 Å². The summed E-state index contributed by atoms with van der Waals surface area (Å²) in [6.07, 6.45) is 1.23.